The fourth-order valence-electron chi connectivity index (χ4n) is 1.99. The van der Waals surface area contributed by atoms with Crippen LogP contribution in [0, 0.1) is 0 Å². The number of anilines is 2. The van der Waals surface area contributed by atoms with E-state index in [-0.39, 0.29) is 25.5 Å². The van der Waals surface area contributed by atoms with E-state index in [4.69, 9.17) is 9.84 Å². The minimum absolute atomic E-state index is 0.0399. The number of imide groups is 1. The lowest BCUT2D eigenvalue weighted by atomic mass is 10.2. The quantitative estimate of drug-likeness (QED) is 0.673. The minimum Gasteiger partial charge on any atom is -0.450 e. The van der Waals surface area contributed by atoms with E-state index in [1.807, 2.05) is 0 Å². The molecule has 0 radical (unpaired) electrons. The lowest BCUT2D eigenvalue weighted by molar-refractivity contribution is -0.137. The van der Waals surface area contributed by atoms with Gasteiger partial charge in [0.25, 0.3) is 11.8 Å². The lowest BCUT2D eigenvalue weighted by Crippen LogP contribution is -2.34. The van der Waals surface area contributed by atoms with Crippen LogP contribution < -0.4 is 10.6 Å². The average molecular weight is 319 g/mol. The van der Waals surface area contributed by atoms with E-state index in [2.05, 4.69) is 10.6 Å². The summed E-state index contributed by atoms with van der Waals surface area (Å²) in [5.74, 6) is -0.954. The molecule has 8 nitrogen and oxygen atoms in total. The Morgan fingerprint density at radius 2 is 1.87 bits per heavy atom. The number of rotatable bonds is 6. The van der Waals surface area contributed by atoms with Crippen molar-refractivity contribution in [3.05, 3.63) is 36.0 Å². The van der Waals surface area contributed by atoms with Crippen LogP contribution in [0.25, 0.3) is 0 Å². The first-order chi connectivity index (χ1) is 11.0. The standard InChI is InChI=1S/C15H17N3O5/c1-2-23-15(22)17-11-5-3-10(4-6-11)16-12-9-13(20)18(7-8-19)14(12)21/h3-6,9,16,19H,2,7-8H2,1H3,(H,17,22). The van der Waals surface area contributed by atoms with Gasteiger partial charge >= 0.3 is 6.09 Å². The van der Waals surface area contributed by atoms with Crippen LogP contribution >= 0.6 is 0 Å². The molecule has 0 fully saturated rings. The number of carbonyl (C=O) groups excluding carboxylic acids is 3. The van der Waals surface area contributed by atoms with Crippen molar-refractivity contribution >= 4 is 29.3 Å². The molecule has 0 aliphatic carbocycles. The van der Waals surface area contributed by atoms with Crippen LogP contribution in [0.4, 0.5) is 16.2 Å². The number of benzene rings is 1. The first kappa shape index (κ1) is 16.5. The van der Waals surface area contributed by atoms with E-state index in [0.29, 0.717) is 11.4 Å². The van der Waals surface area contributed by atoms with E-state index in [1.54, 1.807) is 31.2 Å². The number of nitrogens with zero attached hydrogens (tertiary/aromatic N) is 1. The summed E-state index contributed by atoms with van der Waals surface area (Å²) in [6.45, 7) is 1.66. The summed E-state index contributed by atoms with van der Waals surface area (Å²) in [4.78, 5) is 35.9. The number of ether oxygens (including phenoxy) is 1. The SMILES string of the molecule is CCOC(=O)Nc1ccc(NC2=CC(=O)N(CCO)C2=O)cc1. The molecule has 8 heteroatoms. The van der Waals surface area contributed by atoms with Crippen molar-refractivity contribution in [2.75, 3.05) is 30.4 Å². The van der Waals surface area contributed by atoms with E-state index < -0.39 is 17.9 Å². The highest BCUT2D eigenvalue weighted by Crippen LogP contribution is 2.19. The molecular weight excluding hydrogens is 302 g/mol. The molecule has 0 saturated heterocycles. The zero-order valence-electron chi connectivity index (χ0n) is 12.5. The van der Waals surface area contributed by atoms with Crippen molar-refractivity contribution in [2.24, 2.45) is 0 Å². The number of β-amino-alcohol motifs (C(OH)–C–C–N with tert-alkyl or cyclic N) is 1. The highest BCUT2D eigenvalue weighted by Gasteiger charge is 2.30. The molecule has 122 valence electrons. The number of nitrogens with one attached hydrogen (secondary N) is 2. The molecule has 23 heavy (non-hydrogen) atoms. The summed E-state index contributed by atoms with van der Waals surface area (Å²) in [7, 11) is 0. The number of aliphatic hydroxyl groups excluding tert-OH is 1. The Bertz CT molecular complexity index is 639. The van der Waals surface area contributed by atoms with E-state index in [9.17, 15) is 14.4 Å². The molecule has 1 heterocycles. The van der Waals surface area contributed by atoms with E-state index in [0.717, 1.165) is 4.90 Å². The van der Waals surface area contributed by atoms with Gasteiger partial charge in [-0.2, -0.15) is 0 Å². The van der Waals surface area contributed by atoms with E-state index >= 15 is 0 Å². The van der Waals surface area contributed by atoms with Crippen LogP contribution in [0.5, 0.6) is 0 Å². The third-order valence-electron chi connectivity index (χ3n) is 3.02. The van der Waals surface area contributed by atoms with Crippen LogP contribution in [-0.2, 0) is 14.3 Å². The van der Waals surface area contributed by atoms with Gasteiger partial charge in [0.15, 0.2) is 0 Å². The minimum atomic E-state index is -0.549. The molecular formula is C15H17N3O5. The Morgan fingerprint density at radius 1 is 1.22 bits per heavy atom. The number of hydrogen-bond acceptors (Lipinski definition) is 6. The molecule has 0 aromatic heterocycles. The summed E-state index contributed by atoms with van der Waals surface area (Å²) in [5.41, 5.74) is 1.26. The molecule has 3 N–H and O–H groups in total. The normalized spacial score (nSPS) is 13.8. The van der Waals surface area contributed by atoms with Crippen molar-refractivity contribution in [1.29, 1.82) is 0 Å². The van der Waals surface area contributed by atoms with Gasteiger partial charge in [-0.15, -0.1) is 0 Å². The van der Waals surface area contributed by atoms with Gasteiger partial charge in [-0.05, 0) is 31.2 Å². The maximum atomic E-state index is 12.0. The Labute approximate surface area is 132 Å². The van der Waals surface area contributed by atoms with Crippen LogP contribution in [0.3, 0.4) is 0 Å². The molecule has 1 aromatic carbocycles. The van der Waals surface area contributed by atoms with Gasteiger partial charge in [0.05, 0.1) is 19.8 Å². The largest absolute Gasteiger partial charge is 0.450 e. The second kappa shape index (κ2) is 7.41. The molecule has 0 saturated carbocycles. The highest BCUT2D eigenvalue weighted by molar-refractivity contribution is 6.17. The topological polar surface area (TPSA) is 108 Å². The summed E-state index contributed by atoms with van der Waals surface area (Å²) in [6.07, 6.45) is 0.634. The van der Waals surface area contributed by atoms with Gasteiger partial charge in [-0.1, -0.05) is 0 Å². The van der Waals surface area contributed by atoms with Crippen LogP contribution in [0.15, 0.2) is 36.0 Å². The van der Waals surface area contributed by atoms with Gasteiger partial charge in [0.1, 0.15) is 5.70 Å². The summed E-state index contributed by atoms with van der Waals surface area (Å²) in [6, 6.07) is 6.56. The zero-order chi connectivity index (χ0) is 16.8. The van der Waals surface area contributed by atoms with Gasteiger partial charge < -0.3 is 15.2 Å². The Morgan fingerprint density at radius 3 is 2.48 bits per heavy atom. The molecule has 1 aliphatic heterocycles. The van der Waals surface area contributed by atoms with Crippen LogP contribution in [0.2, 0.25) is 0 Å². The van der Waals surface area contributed by atoms with Gasteiger partial charge in [-0.25, -0.2) is 4.79 Å². The van der Waals surface area contributed by atoms with Crippen molar-refractivity contribution in [3.8, 4) is 0 Å². The molecule has 1 aromatic rings. The molecule has 0 unspecified atom stereocenters. The lowest BCUT2D eigenvalue weighted by Gasteiger charge is -2.13. The molecule has 2 rings (SSSR count). The maximum absolute atomic E-state index is 12.0. The Hall–Kier alpha value is -2.87. The Balaban J connectivity index is 1.99. The number of aliphatic hydroxyl groups is 1. The molecule has 0 bridgehead atoms. The summed E-state index contributed by atoms with van der Waals surface area (Å²) in [5, 5.41) is 14.2. The third kappa shape index (κ3) is 4.07. The number of amides is 3. The van der Waals surface area contributed by atoms with Crippen LogP contribution in [-0.4, -0.2) is 47.7 Å². The third-order valence-corrected chi connectivity index (χ3v) is 3.02. The average Bonchev–Trinajstić information content (AvgIpc) is 2.77. The molecule has 3 amide bonds. The van der Waals surface area contributed by atoms with E-state index in [1.165, 1.54) is 6.08 Å². The number of hydrogen-bond donors (Lipinski definition) is 3. The maximum Gasteiger partial charge on any atom is 0.411 e. The van der Waals surface area contributed by atoms with Gasteiger partial charge in [0, 0.05) is 17.5 Å². The Kier molecular flexibility index (Phi) is 5.32. The van der Waals surface area contributed by atoms with Crippen molar-refractivity contribution < 1.29 is 24.2 Å². The monoisotopic (exact) mass is 319 g/mol. The first-order valence-corrected chi connectivity index (χ1v) is 7.04. The highest BCUT2D eigenvalue weighted by atomic mass is 16.5. The predicted octanol–water partition coefficient (Wildman–Crippen LogP) is 0.912. The molecule has 0 atom stereocenters. The molecule has 1 aliphatic rings. The van der Waals surface area contributed by atoms with Crippen molar-refractivity contribution in [1.82, 2.24) is 4.90 Å². The zero-order valence-corrected chi connectivity index (χ0v) is 12.5. The fourth-order valence-corrected chi connectivity index (χ4v) is 1.99. The first-order valence-electron chi connectivity index (χ1n) is 7.04. The second-order valence-electron chi connectivity index (χ2n) is 4.62. The van der Waals surface area contributed by atoms with Crippen molar-refractivity contribution in [3.63, 3.8) is 0 Å². The van der Waals surface area contributed by atoms with Crippen molar-refractivity contribution in [2.45, 2.75) is 6.92 Å². The summed E-state index contributed by atoms with van der Waals surface area (Å²) >= 11 is 0. The number of carbonyl (C=O) groups is 3. The van der Waals surface area contributed by atoms with Gasteiger partial charge in [0.2, 0.25) is 0 Å². The smallest absolute Gasteiger partial charge is 0.411 e. The predicted molar refractivity (Wildman–Crippen MR) is 82.6 cm³/mol. The summed E-state index contributed by atoms with van der Waals surface area (Å²) < 4.78 is 4.76. The van der Waals surface area contributed by atoms with Gasteiger partial charge in [-0.3, -0.25) is 19.8 Å². The second-order valence-corrected chi connectivity index (χ2v) is 4.62. The van der Waals surface area contributed by atoms with Crippen LogP contribution in [0.1, 0.15) is 6.92 Å². The molecule has 0 spiro atoms. The fraction of sp³-hybridized carbons (Fsp3) is 0.267.